The maximum absolute atomic E-state index is 12.1. The van der Waals surface area contributed by atoms with Crippen molar-refractivity contribution in [3.63, 3.8) is 0 Å². The van der Waals surface area contributed by atoms with Gasteiger partial charge in [-0.15, -0.1) is 0 Å². The first-order valence-corrected chi connectivity index (χ1v) is 9.51. The van der Waals surface area contributed by atoms with Gasteiger partial charge in [-0.2, -0.15) is 13.2 Å². The molecule has 0 radical (unpaired) electrons. The third-order valence-corrected chi connectivity index (χ3v) is 4.32. The highest BCUT2D eigenvalue weighted by Crippen LogP contribution is 2.30. The van der Waals surface area contributed by atoms with E-state index in [1.807, 2.05) is 18.2 Å². The van der Waals surface area contributed by atoms with Gasteiger partial charge in [-0.3, -0.25) is 0 Å². The SMILES string of the molecule is O=C(NCCc1ccc2c(c1)OCCO2)NCc1ccc(COCC(F)(F)F)cc1. The second-order valence-corrected chi connectivity index (χ2v) is 6.76. The number of amides is 2. The topological polar surface area (TPSA) is 68.8 Å². The van der Waals surface area contributed by atoms with Crippen molar-refractivity contribution in [2.75, 3.05) is 26.4 Å². The van der Waals surface area contributed by atoms with Crippen LogP contribution in [0.15, 0.2) is 42.5 Å². The molecule has 0 saturated heterocycles. The Labute approximate surface area is 172 Å². The molecule has 1 aliphatic heterocycles. The van der Waals surface area contributed by atoms with E-state index < -0.39 is 12.8 Å². The van der Waals surface area contributed by atoms with E-state index in [9.17, 15) is 18.0 Å². The lowest BCUT2D eigenvalue weighted by atomic mass is 10.1. The number of carbonyl (C=O) groups excluding carboxylic acids is 1. The van der Waals surface area contributed by atoms with Crippen molar-refractivity contribution < 1.29 is 32.2 Å². The molecule has 2 N–H and O–H groups in total. The minimum absolute atomic E-state index is 0.117. The van der Waals surface area contributed by atoms with Crippen molar-refractivity contribution >= 4 is 6.03 Å². The number of hydrogen-bond donors (Lipinski definition) is 2. The van der Waals surface area contributed by atoms with Gasteiger partial charge in [0.1, 0.15) is 19.8 Å². The molecule has 0 saturated carbocycles. The van der Waals surface area contributed by atoms with Crippen LogP contribution >= 0.6 is 0 Å². The summed E-state index contributed by atoms with van der Waals surface area (Å²) in [5, 5.41) is 5.53. The van der Waals surface area contributed by atoms with Gasteiger partial charge in [-0.05, 0) is 35.2 Å². The lowest BCUT2D eigenvalue weighted by molar-refractivity contribution is -0.176. The number of alkyl halides is 3. The molecule has 0 aliphatic carbocycles. The number of halogens is 3. The van der Waals surface area contributed by atoms with Crippen LogP contribution in [-0.4, -0.2) is 38.6 Å². The number of ether oxygens (including phenoxy) is 3. The Morgan fingerprint density at radius 2 is 1.60 bits per heavy atom. The van der Waals surface area contributed by atoms with Crippen molar-refractivity contribution in [1.82, 2.24) is 10.6 Å². The number of nitrogens with one attached hydrogen (secondary N) is 2. The van der Waals surface area contributed by atoms with Gasteiger partial charge < -0.3 is 24.8 Å². The predicted octanol–water partition coefficient (Wildman–Crippen LogP) is 3.58. The summed E-state index contributed by atoms with van der Waals surface area (Å²) in [6, 6.07) is 12.2. The van der Waals surface area contributed by atoms with Gasteiger partial charge in [-0.25, -0.2) is 4.79 Å². The van der Waals surface area contributed by atoms with Crippen LogP contribution in [-0.2, 0) is 24.3 Å². The third kappa shape index (κ3) is 7.14. The Morgan fingerprint density at radius 1 is 0.933 bits per heavy atom. The van der Waals surface area contributed by atoms with Gasteiger partial charge in [-0.1, -0.05) is 30.3 Å². The van der Waals surface area contributed by atoms with Crippen LogP contribution < -0.4 is 20.1 Å². The van der Waals surface area contributed by atoms with Crippen molar-refractivity contribution in [3.8, 4) is 11.5 Å². The predicted molar refractivity (Wildman–Crippen MR) is 104 cm³/mol. The van der Waals surface area contributed by atoms with Gasteiger partial charge in [0.2, 0.25) is 0 Å². The Hall–Kier alpha value is -2.94. The number of benzene rings is 2. The second kappa shape index (κ2) is 10.2. The summed E-state index contributed by atoms with van der Waals surface area (Å²) in [4.78, 5) is 11.9. The number of hydrogen-bond acceptors (Lipinski definition) is 4. The first-order chi connectivity index (χ1) is 14.4. The number of carbonyl (C=O) groups is 1. The first-order valence-electron chi connectivity index (χ1n) is 9.51. The van der Waals surface area contributed by atoms with Crippen molar-refractivity contribution in [1.29, 1.82) is 0 Å². The van der Waals surface area contributed by atoms with E-state index in [1.54, 1.807) is 24.3 Å². The second-order valence-electron chi connectivity index (χ2n) is 6.76. The van der Waals surface area contributed by atoms with Crippen molar-refractivity contribution in [3.05, 3.63) is 59.2 Å². The van der Waals surface area contributed by atoms with Crippen LogP contribution in [0, 0.1) is 0 Å². The van der Waals surface area contributed by atoms with E-state index in [0.717, 1.165) is 22.6 Å². The smallest absolute Gasteiger partial charge is 0.411 e. The van der Waals surface area contributed by atoms with E-state index >= 15 is 0 Å². The Balaban J connectivity index is 1.34. The van der Waals surface area contributed by atoms with E-state index in [1.165, 1.54) is 0 Å². The van der Waals surface area contributed by atoms with E-state index in [2.05, 4.69) is 15.4 Å². The van der Waals surface area contributed by atoms with Gasteiger partial charge in [0, 0.05) is 13.1 Å². The lowest BCUT2D eigenvalue weighted by Gasteiger charge is -2.18. The van der Waals surface area contributed by atoms with Gasteiger partial charge in [0.15, 0.2) is 11.5 Å². The highest BCUT2D eigenvalue weighted by Gasteiger charge is 2.27. The molecule has 1 aliphatic rings. The monoisotopic (exact) mass is 424 g/mol. The van der Waals surface area contributed by atoms with Crippen molar-refractivity contribution in [2.24, 2.45) is 0 Å². The van der Waals surface area contributed by atoms with E-state index in [0.29, 0.717) is 38.3 Å². The summed E-state index contributed by atoms with van der Waals surface area (Å²) in [6.45, 7) is 0.443. The number of fused-ring (bicyclic) bond motifs is 1. The van der Waals surface area contributed by atoms with Crippen LogP contribution in [0.5, 0.6) is 11.5 Å². The van der Waals surface area contributed by atoms with Crippen LogP contribution in [0.3, 0.4) is 0 Å². The fourth-order valence-corrected chi connectivity index (χ4v) is 2.85. The lowest BCUT2D eigenvalue weighted by Crippen LogP contribution is -2.36. The largest absolute Gasteiger partial charge is 0.486 e. The molecule has 30 heavy (non-hydrogen) atoms. The van der Waals surface area contributed by atoms with E-state index in [4.69, 9.17) is 9.47 Å². The van der Waals surface area contributed by atoms with E-state index in [-0.39, 0.29) is 12.6 Å². The highest BCUT2D eigenvalue weighted by atomic mass is 19.4. The molecular weight excluding hydrogens is 401 g/mol. The zero-order valence-corrected chi connectivity index (χ0v) is 16.3. The fraction of sp³-hybridized carbons (Fsp3) is 0.381. The maximum atomic E-state index is 12.1. The molecule has 0 aromatic heterocycles. The minimum atomic E-state index is -4.33. The first kappa shape index (κ1) is 21.8. The number of urea groups is 1. The summed E-state index contributed by atoms with van der Waals surface area (Å²) in [5.74, 6) is 1.45. The van der Waals surface area contributed by atoms with Crippen LogP contribution in [0.2, 0.25) is 0 Å². The molecule has 3 rings (SSSR count). The van der Waals surface area contributed by atoms with Crippen LogP contribution in [0.25, 0.3) is 0 Å². The minimum Gasteiger partial charge on any atom is -0.486 e. The average Bonchev–Trinajstić information content (AvgIpc) is 2.72. The van der Waals surface area contributed by atoms with Crippen LogP contribution in [0.1, 0.15) is 16.7 Å². The number of rotatable bonds is 8. The molecule has 9 heteroatoms. The Bertz CT molecular complexity index is 841. The molecule has 2 amide bonds. The molecule has 2 aromatic rings. The summed E-state index contributed by atoms with van der Waals surface area (Å²) >= 11 is 0. The molecule has 0 atom stereocenters. The Morgan fingerprint density at radius 3 is 2.33 bits per heavy atom. The summed E-state index contributed by atoms with van der Waals surface area (Å²) in [6.07, 6.45) is -3.68. The van der Waals surface area contributed by atoms with Gasteiger partial charge in [0.25, 0.3) is 0 Å². The van der Waals surface area contributed by atoms with Crippen LogP contribution in [0.4, 0.5) is 18.0 Å². The Kier molecular flexibility index (Phi) is 7.40. The zero-order valence-electron chi connectivity index (χ0n) is 16.3. The highest BCUT2D eigenvalue weighted by molar-refractivity contribution is 5.73. The molecule has 1 heterocycles. The standard InChI is InChI=1S/C21H23F3N2O4/c22-21(23,24)14-28-13-17-3-1-16(2-4-17)12-26-20(27)25-8-7-15-5-6-18-19(11-15)30-10-9-29-18/h1-6,11H,7-10,12-14H2,(H2,25,26,27). The maximum Gasteiger partial charge on any atom is 0.411 e. The van der Waals surface area contributed by atoms with Crippen molar-refractivity contribution in [2.45, 2.75) is 25.7 Å². The molecule has 0 unspecified atom stereocenters. The molecule has 162 valence electrons. The molecule has 0 fully saturated rings. The molecule has 6 nitrogen and oxygen atoms in total. The third-order valence-electron chi connectivity index (χ3n) is 4.32. The van der Waals surface area contributed by atoms with Gasteiger partial charge >= 0.3 is 12.2 Å². The molecule has 0 spiro atoms. The summed E-state index contributed by atoms with van der Waals surface area (Å²) < 4.78 is 51.8. The fourth-order valence-electron chi connectivity index (χ4n) is 2.85. The summed E-state index contributed by atoms with van der Waals surface area (Å²) in [7, 11) is 0. The quantitative estimate of drug-likeness (QED) is 0.680. The zero-order chi connectivity index (χ0) is 21.4. The average molecular weight is 424 g/mol. The molecule has 0 bridgehead atoms. The molecule has 2 aromatic carbocycles. The molecular formula is C21H23F3N2O4. The van der Waals surface area contributed by atoms with Gasteiger partial charge in [0.05, 0.1) is 6.61 Å². The summed E-state index contributed by atoms with van der Waals surface area (Å²) in [5.41, 5.74) is 2.49. The normalized spacial score (nSPS) is 13.0.